The largest absolute Gasteiger partial charge is 0.383 e. The molecule has 130 valence electrons. The molecule has 0 fully saturated rings. The number of anilines is 1. The first-order valence-corrected chi connectivity index (χ1v) is 10.4. The average molecular weight is 372 g/mol. The summed E-state index contributed by atoms with van der Waals surface area (Å²) >= 11 is 3.43. The quantitative estimate of drug-likeness (QED) is 0.421. The Morgan fingerprint density at radius 2 is 1.92 bits per heavy atom. The first-order chi connectivity index (χ1) is 12.1. The van der Waals surface area contributed by atoms with Crippen molar-refractivity contribution in [1.82, 2.24) is 19.9 Å². The molecule has 4 rings (SSSR count). The van der Waals surface area contributed by atoms with Gasteiger partial charge in [0.1, 0.15) is 27.3 Å². The molecular weight excluding hydrogens is 350 g/mol. The van der Waals surface area contributed by atoms with Gasteiger partial charge in [0.25, 0.3) is 0 Å². The lowest BCUT2D eigenvalue weighted by Gasteiger charge is -2.05. The summed E-state index contributed by atoms with van der Waals surface area (Å²) in [6, 6.07) is 1.99. The molecule has 0 aromatic carbocycles. The van der Waals surface area contributed by atoms with Crippen LogP contribution in [0.1, 0.15) is 47.0 Å². The number of nitrogen functional groups attached to an aromatic ring is 1. The molecule has 3 aromatic rings. The van der Waals surface area contributed by atoms with Crippen LogP contribution in [-0.2, 0) is 18.6 Å². The van der Waals surface area contributed by atoms with E-state index in [1.165, 1.54) is 29.7 Å². The highest BCUT2D eigenvalue weighted by Crippen LogP contribution is 2.37. The Morgan fingerprint density at radius 3 is 2.76 bits per heavy atom. The van der Waals surface area contributed by atoms with Crippen LogP contribution in [0.5, 0.6) is 0 Å². The van der Waals surface area contributed by atoms with Gasteiger partial charge in [0.15, 0.2) is 0 Å². The summed E-state index contributed by atoms with van der Waals surface area (Å²) in [6.07, 6.45) is 6.07. The maximum atomic E-state index is 6.31. The number of hydrogen-bond donors (Lipinski definition) is 1. The first-order valence-electron chi connectivity index (χ1n) is 8.62. The van der Waals surface area contributed by atoms with Gasteiger partial charge < -0.3 is 5.73 Å². The van der Waals surface area contributed by atoms with Crippen molar-refractivity contribution in [3.8, 4) is 0 Å². The van der Waals surface area contributed by atoms with Crippen molar-refractivity contribution in [2.75, 3.05) is 5.73 Å². The predicted octanol–water partition coefficient (Wildman–Crippen LogP) is 4.24. The second kappa shape index (κ2) is 6.88. The number of nitrogens with two attached hydrogens (primary N) is 1. The fourth-order valence-corrected chi connectivity index (χ4v) is 5.51. The topological polar surface area (TPSA) is 77.6 Å². The van der Waals surface area contributed by atoms with Gasteiger partial charge in [0.2, 0.25) is 0 Å². The standard InChI is InChI=1S/C18H21N5S2/c1-10-8-15(21-11(2)20-10)24-9-14-22-17(19)16-12-6-4-3-5-7-13(12)25-18(16)23-14/h8H,3-7,9H2,1-2H3,(H2,19,22,23). The predicted molar refractivity (Wildman–Crippen MR) is 104 cm³/mol. The van der Waals surface area contributed by atoms with Gasteiger partial charge in [-0.1, -0.05) is 18.2 Å². The molecule has 5 nitrogen and oxygen atoms in total. The zero-order valence-corrected chi connectivity index (χ0v) is 16.1. The summed E-state index contributed by atoms with van der Waals surface area (Å²) in [7, 11) is 0. The fraction of sp³-hybridized carbons (Fsp3) is 0.444. The lowest BCUT2D eigenvalue weighted by molar-refractivity contribution is 0.713. The lowest BCUT2D eigenvalue weighted by atomic mass is 10.1. The molecule has 7 heteroatoms. The monoisotopic (exact) mass is 371 g/mol. The number of thioether (sulfide) groups is 1. The van der Waals surface area contributed by atoms with E-state index in [4.69, 9.17) is 10.7 Å². The van der Waals surface area contributed by atoms with Gasteiger partial charge in [-0.2, -0.15) is 0 Å². The molecule has 0 bridgehead atoms. The van der Waals surface area contributed by atoms with E-state index in [0.29, 0.717) is 11.6 Å². The van der Waals surface area contributed by atoms with Gasteiger partial charge in [0.05, 0.1) is 11.1 Å². The van der Waals surface area contributed by atoms with Gasteiger partial charge in [-0.25, -0.2) is 19.9 Å². The van der Waals surface area contributed by atoms with E-state index >= 15 is 0 Å². The van der Waals surface area contributed by atoms with Gasteiger partial charge in [-0.15, -0.1) is 11.3 Å². The van der Waals surface area contributed by atoms with Crippen molar-refractivity contribution < 1.29 is 0 Å². The third-order valence-electron chi connectivity index (χ3n) is 4.43. The van der Waals surface area contributed by atoms with Crippen molar-refractivity contribution in [2.24, 2.45) is 0 Å². The Hall–Kier alpha value is -1.73. The Bertz CT molecular complexity index is 915. The summed E-state index contributed by atoms with van der Waals surface area (Å²) in [4.78, 5) is 20.7. The van der Waals surface area contributed by atoms with Crippen LogP contribution in [0.25, 0.3) is 10.2 Å². The first kappa shape index (κ1) is 16.7. The van der Waals surface area contributed by atoms with Crippen molar-refractivity contribution in [2.45, 2.75) is 56.7 Å². The highest BCUT2D eigenvalue weighted by Gasteiger charge is 2.19. The Kier molecular flexibility index (Phi) is 4.60. The Balaban J connectivity index is 1.62. The summed E-state index contributed by atoms with van der Waals surface area (Å²) in [5.41, 5.74) is 8.69. The van der Waals surface area contributed by atoms with Crippen LogP contribution >= 0.6 is 23.1 Å². The molecule has 0 atom stereocenters. The van der Waals surface area contributed by atoms with Crippen molar-refractivity contribution >= 4 is 39.1 Å². The number of rotatable bonds is 3. The molecule has 3 aromatic heterocycles. The minimum Gasteiger partial charge on any atom is -0.383 e. The van der Waals surface area contributed by atoms with E-state index in [0.717, 1.165) is 45.4 Å². The minimum absolute atomic E-state index is 0.634. The smallest absolute Gasteiger partial charge is 0.142 e. The minimum atomic E-state index is 0.634. The Morgan fingerprint density at radius 1 is 1.08 bits per heavy atom. The van der Waals surface area contributed by atoms with E-state index in [9.17, 15) is 0 Å². The molecule has 0 unspecified atom stereocenters. The van der Waals surface area contributed by atoms with E-state index in [1.807, 2.05) is 19.9 Å². The third kappa shape index (κ3) is 3.48. The molecule has 0 saturated carbocycles. The number of hydrogen-bond acceptors (Lipinski definition) is 7. The van der Waals surface area contributed by atoms with Crippen molar-refractivity contribution in [1.29, 1.82) is 0 Å². The maximum Gasteiger partial charge on any atom is 0.142 e. The third-order valence-corrected chi connectivity index (χ3v) is 6.52. The van der Waals surface area contributed by atoms with Crippen LogP contribution in [0.3, 0.4) is 0 Å². The van der Waals surface area contributed by atoms with E-state index < -0.39 is 0 Å². The van der Waals surface area contributed by atoms with Crippen molar-refractivity contribution in [3.05, 3.63) is 33.8 Å². The molecule has 0 spiro atoms. The average Bonchev–Trinajstić information content (AvgIpc) is 2.74. The van der Waals surface area contributed by atoms with Gasteiger partial charge in [-0.3, -0.25) is 0 Å². The Labute approximate surface area is 155 Å². The SMILES string of the molecule is Cc1cc(SCc2nc(N)c3c4c(sc3n2)CCCCC4)nc(C)n1. The number of aryl methyl sites for hydroxylation is 4. The van der Waals surface area contributed by atoms with Crippen LogP contribution in [-0.4, -0.2) is 19.9 Å². The molecule has 1 aliphatic carbocycles. The molecule has 1 aliphatic rings. The van der Waals surface area contributed by atoms with Crippen LogP contribution in [0.4, 0.5) is 5.82 Å². The zero-order chi connectivity index (χ0) is 17.4. The summed E-state index contributed by atoms with van der Waals surface area (Å²) in [6.45, 7) is 3.90. The number of nitrogens with zero attached hydrogens (tertiary/aromatic N) is 4. The second-order valence-electron chi connectivity index (χ2n) is 6.45. The van der Waals surface area contributed by atoms with Crippen LogP contribution in [0.15, 0.2) is 11.1 Å². The molecule has 0 radical (unpaired) electrons. The molecule has 0 aliphatic heterocycles. The lowest BCUT2D eigenvalue weighted by Crippen LogP contribution is -2.00. The highest BCUT2D eigenvalue weighted by molar-refractivity contribution is 7.98. The molecule has 0 saturated heterocycles. The fourth-order valence-electron chi connectivity index (χ4n) is 3.37. The van der Waals surface area contributed by atoms with E-state index in [2.05, 4.69) is 15.0 Å². The summed E-state index contributed by atoms with van der Waals surface area (Å²) in [5, 5.41) is 2.05. The second-order valence-corrected chi connectivity index (χ2v) is 8.53. The molecule has 2 N–H and O–H groups in total. The van der Waals surface area contributed by atoms with Crippen LogP contribution in [0, 0.1) is 13.8 Å². The number of fused-ring (bicyclic) bond motifs is 3. The molecular formula is C18H21N5S2. The zero-order valence-electron chi connectivity index (χ0n) is 14.5. The van der Waals surface area contributed by atoms with Gasteiger partial charge >= 0.3 is 0 Å². The van der Waals surface area contributed by atoms with Crippen LogP contribution < -0.4 is 5.73 Å². The van der Waals surface area contributed by atoms with E-state index in [-0.39, 0.29) is 0 Å². The highest BCUT2D eigenvalue weighted by atomic mass is 32.2. The van der Waals surface area contributed by atoms with Gasteiger partial charge in [-0.05, 0) is 51.2 Å². The van der Waals surface area contributed by atoms with Crippen molar-refractivity contribution in [3.63, 3.8) is 0 Å². The summed E-state index contributed by atoms with van der Waals surface area (Å²) < 4.78 is 0. The number of thiophene rings is 1. The van der Waals surface area contributed by atoms with E-state index in [1.54, 1.807) is 23.1 Å². The number of aromatic nitrogens is 4. The van der Waals surface area contributed by atoms with Crippen LogP contribution in [0.2, 0.25) is 0 Å². The molecule has 3 heterocycles. The van der Waals surface area contributed by atoms with Gasteiger partial charge in [0, 0.05) is 10.6 Å². The summed E-state index contributed by atoms with van der Waals surface area (Å²) in [5.74, 6) is 2.87. The maximum absolute atomic E-state index is 6.31. The normalized spacial score (nSPS) is 14.5. The molecule has 25 heavy (non-hydrogen) atoms. The molecule has 0 amide bonds.